The molecule has 78 valence electrons. The van der Waals surface area contributed by atoms with E-state index in [2.05, 4.69) is 24.9 Å². The molecule has 13 heavy (non-hydrogen) atoms. The number of nitrogens with two attached hydrogens (primary N) is 1. The number of hydrogen-bond donors (Lipinski definition) is 1. The van der Waals surface area contributed by atoms with Crippen LogP contribution in [0.25, 0.3) is 0 Å². The minimum absolute atomic E-state index is 0. The maximum absolute atomic E-state index is 5.79. The molecule has 1 atom stereocenters. The van der Waals surface area contributed by atoms with E-state index in [9.17, 15) is 0 Å². The van der Waals surface area contributed by atoms with E-state index in [4.69, 9.17) is 5.84 Å². The summed E-state index contributed by atoms with van der Waals surface area (Å²) in [6, 6.07) is 0. The molecule has 0 fully saturated rings. The lowest BCUT2D eigenvalue weighted by Gasteiger charge is -2.28. The predicted octanol–water partition coefficient (Wildman–Crippen LogP) is 1.91. The summed E-state index contributed by atoms with van der Waals surface area (Å²) in [5.74, 6) is 5.79. The maximum Gasteiger partial charge on any atom is 0.115 e. The first-order valence-corrected chi connectivity index (χ1v) is 4.76. The highest BCUT2D eigenvalue weighted by Crippen LogP contribution is 2.16. The zero-order valence-electron chi connectivity index (χ0n) is 8.44. The van der Waals surface area contributed by atoms with Gasteiger partial charge < -0.3 is 4.90 Å². The second-order valence-electron chi connectivity index (χ2n) is 3.20. The van der Waals surface area contributed by atoms with E-state index < -0.39 is 0 Å². The van der Waals surface area contributed by atoms with Crippen molar-refractivity contribution in [3.63, 3.8) is 0 Å². The van der Waals surface area contributed by atoms with Crippen LogP contribution in [0.2, 0.25) is 0 Å². The van der Waals surface area contributed by atoms with Crippen molar-refractivity contribution in [1.82, 2.24) is 9.91 Å². The summed E-state index contributed by atoms with van der Waals surface area (Å²) < 4.78 is 0. The number of hydrogen-bond acceptors (Lipinski definition) is 3. The second-order valence-corrected chi connectivity index (χ2v) is 3.20. The molecule has 0 saturated carbocycles. The van der Waals surface area contributed by atoms with Crippen LogP contribution in [0.1, 0.15) is 33.1 Å². The fourth-order valence-corrected chi connectivity index (χ4v) is 1.55. The van der Waals surface area contributed by atoms with E-state index in [1.807, 2.05) is 6.20 Å². The molecule has 0 bridgehead atoms. The lowest BCUT2D eigenvalue weighted by Crippen LogP contribution is -2.42. The van der Waals surface area contributed by atoms with Crippen molar-refractivity contribution in [2.24, 2.45) is 5.84 Å². The molecule has 2 N–H and O–H groups in total. The van der Waals surface area contributed by atoms with Crippen molar-refractivity contribution in [3.8, 4) is 0 Å². The number of unbranched alkanes of at least 4 members (excludes halogenated alkanes) is 1. The summed E-state index contributed by atoms with van der Waals surface area (Å²) in [6.45, 7) is 5.40. The van der Waals surface area contributed by atoms with Crippen molar-refractivity contribution in [1.29, 1.82) is 0 Å². The summed E-state index contributed by atoms with van der Waals surface area (Å²) >= 11 is 0. The molecule has 1 aliphatic heterocycles. The Kier molecular flexibility index (Phi) is 5.91. The van der Waals surface area contributed by atoms with Crippen LogP contribution < -0.4 is 5.84 Å². The maximum atomic E-state index is 5.79. The smallest absolute Gasteiger partial charge is 0.115 e. The third kappa shape index (κ3) is 3.08. The van der Waals surface area contributed by atoms with Crippen LogP contribution in [0, 0.1) is 0 Å². The molecule has 0 aromatic rings. The van der Waals surface area contributed by atoms with E-state index in [-0.39, 0.29) is 12.4 Å². The fourth-order valence-electron chi connectivity index (χ4n) is 1.55. The van der Waals surface area contributed by atoms with Crippen LogP contribution in [-0.4, -0.2) is 22.6 Å². The van der Waals surface area contributed by atoms with Gasteiger partial charge in [0.2, 0.25) is 0 Å². The third-order valence-electron chi connectivity index (χ3n) is 2.34. The Balaban J connectivity index is 0.00000144. The summed E-state index contributed by atoms with van der Waals surface area (Å²) in [4.78, 5) is 2.27. The van der Waals surface area contributed by atoms with Gasteiger partial charge in [0.15, 0.2) is 0 Å². The molecule has 0 saturated heterocycles. The molecule has 4 heteroatoms. The standard InChI is InChI=1S/C9H19N3.ClH/c1-3-5-6-9-11(4-2)7-8-12(9)10;/h7-9H,3-6,10H2,1-2H3;1H. The van der Waals surface area contributed by atoms with Gasteiger partial charge in [-0.2, -0.15) is 0 Å². The van der Waals surface area contributed by atoms with Gasteiger partial charge in [0.25, 0.3) is 0 Å². The first-order valence-electron chi connectivity index (χ1n) is 4.76. The molecule has 1 aliphatic rings. The summed E-state index contributed by atoms with van der Waals surface area (Å²) in [6.07, 6.45) is 8.06. The van der Waals surface area contributed by atoms with Gasteiger partial charge in [-0.15, -0.1) is 12.4 Å². The van der Waals surface area contributed by atoms with Crippen LogP contribution in [0.5, 0.6) is 0 Å². The number of nitrogens with zero attached hydrogens (tertiary/aromatic N) is 2. The fraction of sp³-hybridized carbons (Fsp3) is 0.778. The largest absolute Gasteiger partial charge is 0.355 e. The average Bonchev–Trinajstić information content (AvgIpc) is 2.43. The van der Waals surface area contributed by atoms with Gasteiger partial charge in [-0.25, -0.2) is 5.84 Å². The Hall–Kier alpha value is -0.410. The normalized spacial score (nSPS) is 20.7. The van der Waals surface area contributed by atoms with E-state index in [0.717, 1.165) is 13.0 Å². The van der Waals surface area contributed by atoms with Crippen LogP contribution in [0.15, 0.2) is 12.4 Å². The first-order chi connectivity index (χ1) is 5.79. The molecular formula is C9H20ClN3. The Bertz CT molecular complexity index is 161. The van der Waals surface area contributed by atoms with Crippen LogP contribution in [-0.2, 0) is 0 Å². The number of rotatable bonds is 4. The molecule has 1 unspecified atom stereocenters. The Morgan fingerprint density at radius 1 is 1.31 bits per heavy atom. The molecule has 0 spiro atoms. The number of halogens is 1. The Morgan fingerprint density at radius 2 is 2.00 bits per heavy atom. The lowest BCUT2D eigenvalue weighted by molar-refractivity contribution is 0.146. The molecule has 0 aromatic carbocycles. The topological polar surface area (TPSA) is 32.5 Å². The SMILES string of the molecule is CCCCC1N(N)C=CN1CC.Cl. The van der Waals surface area contributed by atoms with Gasteiger partial charge in [-0.05, 0) is 19.8 Å². The highest BCUT2D eigenvalue weighted by atomic mass is 35.5. The van der Waals surface area contributed by atoms with Gasteiger partial charge in [0.1, 0.15) is 6.17 Å². The van der Waals surface area contributed by atoms with Crippen molar-refractivity contribution in [2.45, 2.75) is 39.3 Å². The minimum Gasteiger partial charge on any atom is -0.355 e. The van der Waals surface area contributed by atoms with Crippen molar-refractivity contribution < 1.29 is 0 Å². The number of hydrazine groups is 1. The predicted molar refractivity (Wildman–Crippen MR) is 58.1 cm³/mol. The van der Waals surface area contributed by atoms with E-state index in [1.165, 1.54) is 12.8 Å². The van der Waals surface area contributed by atoms with E-state index in [1.54, 1.807) is 5.01 Å². The molecule has 0 radical (unpaired) electrons. The molecule has 1 heterocycles. The van der Waals surface area contributed by atoms with Gasteiger partial charge in [-0.3, -0.25) is 5.01 Å². The molecule has 3 nitrogen and oxygen atoms in total. The molecule has 0 aromatic heterocycles. The first kappa shape index (κ1) is 12.6. The molecule has 0 amide bonds. The zero-order chi connectivity index (χ0) is 8.97. The summed E-state index contributed by atoms with van der Waals surface area (Å²) in [7, 11) is 0. The second kappa shape index (κ2) is 6.11. The quantitative estimate of drug-likeness (QED) is 0.712. The van der Waals surface area contributed by atoms with Crippen molar-refractivity contribution >= 4 is 12.4 Å². The van der Waals surface area contributed by atoms with Crippen molar-refractivity contribution in [2.75, 3.05) is 6.54 Å². The summed E-state index contributed by atoms with van der Waals surface area (Å²) in [5, 5.41) is 1.80. The molecule has 1 rings (SSSR count). The van der Waals surface area contributed by atoms with Crippen LogP contribution in [0.4, 0.5) is 0 Å². The Labute approximate surface area is 86.9 Å². The minimum atomic E-state index is 0. The van der Waals surface area contributed by atoms with E-state index >= 15 is 0 Å². The van der Waals surface area contributed by atoms with E-state index in [0.29, 0.717) is 6.17 Å². The van der Waals surface area contributed by atoms with Gasteiger partial charge >= 0.3 is 0 Å². The lowest BCUT2D eigenvalue weighted by atomic mass is 10.2. The summed E-state index contributed by atoms with van der Waals surface area (Å²) in [5.41, 5.74) is 0. The Morgan fingerprint density at radius 3 is 2.54 bits per heavy atom. The van der Waals surface area contributed by atoms with Gasteiger partial charge in [-0.1, -0.05) is 13.3 Å². The van der Waals surface area contributed by atoms with Crippen LogP contribution in [0.3, 0.4) is 0 Å². The van der Waals surface area contributed by atoms with Crippen molar-refractivity contribution in [3.05, 3.63) is 12.4 Å². The average molecular weight is 206 g/mol. The van der Waals surface area contributed by atoms with Gasteiger partial charge in [0.05, 0.1) is 0 Å². The highest BCUT2D eigenvalue weighted by Gasteiger charge is 2.21. The van der Waals surface area contributed by atoms with Gasteiger partial charge in [0, 0.05) is 18.9 Å². The highest BCUT2D eigenvalue weighted by molar-refractivity contribution is 5.85. The zero-order valence-corrected chi connectivity index (χ0v) is 9.26. The monoisotopic (exact) mass is 205 g/mol. The van der Waals surface area contributed by atoms with Crippen LogP contribution >= 0.6 is 12.4 Å². The molecular weight excluding hydrogens is 186 g/mol. The third-order valence-corrected chi connectivity index (χ3v) is 2.34. The molecule has 0 aliphatic carbocycles.